The maximum atomic E-state index is 11.6. The fourth-order valence-corrected chi connectivity index (χ4v) is 1.94. The second-order valence-corrected chi connectivity index (χ2v) is 5.08. The first-order valence-corrected chi connectivity index (χ1v) is 6.54. The molecule has 94 valence electrons. The molecule has 1 amide bonds. The van der Waals surface area contributed by atoms with Gasteiger partial charge in [0.05, 0.1) is 10.0 Å². The Hall–Kier alpha value is -0.440. The van der Waals surface area contributed by atoms with Crippen LogP contribution >= 0.6 is 34.8 Å². The minimum Gasteiger partial charge on any atom is -0.335 e. The Balaban J connectivity index is 2.86. The van der Waals surface area contributed by atoms with Crippen molar-refractivity contribution in [2.24, 2.45) is 0 Å². The fraction of sp³-hybridized carbons (Fsp3) is 0.417. The summed E-state index contributed by atoms with van der Waals surface area (Å²) in [4.78, 5) is 13.3. The van der Waals surface area contributed by atoms with E-state index in [2.05, 4.69) is 0 Å². The number of halogens is 3. The van der Waals surface area contributed by atoms with E-state index in [4.69, 9.17) is 34.8 Å². The summed E-state index contributed by atoms with van der Waals surface area (Å²) in [5, 5.41) is 1.00. The van der Waals surface area contributed by atoms with Crippen molar-refractivity contribution in [3.63, 3.8) is 0 Å². The molecule has 0 saturated heterocycles. The van der Waals surface area contributed by atoms with Gasteiger partial charge in [-0.1, -0.05) is 29.3 Å². The van der Waals surface area contributed by atoms with Crippen LogP contribution in [0.1, 0.15) is 19.4 Å². The van der Waals surface area contributed by atoms with E-state index in [0.29, 0.717) is 16.6 Å². The highest BCUT2D eigenvalue weighted by Gasteiger charge is 2.16. The zero-order valence-electron chi connectivity index (χ0n) is 9.71. The van der Waals surface area contributed by atoms with Crippen molar-refractivity contribution in [1.82, 2.24) is 4.90 Å². The monoisotopic (exact) mass is 293 g/mol. The lowest BCUT2D eigenvalue weighted by Gasteiger charge is -2.26. The summed E-state index contributed by atoms with van der Waals surface area (Å²) >= 11 is 17.3. The van der Waals surface area contributed by atoms with Crippen LogP contribution < -0.4 is 0 Å². The first-order chi connectivity index (χ1) is 7.95. The topological polar surface area (TPSA) is 20.3 Å². The molecule has 1 aromatic rings. The van der Waals surface area contributed by atoms with Gasteiger partial charge in [-0.15, -0.1) is 11.6 Å². The normalized spacial score (nSPS) is 10.7. The molecule has 5 heteroatoms. The third-order valence-corrected chi connectivity index (χ3v) is 3.36. The summed E-state index contributed by atoms with van der Waals surface area (Å²) in [6, 6.07) is 5.44. The van der Waals surface area contributed by atoms with Crippen molar-refractivity contribution in [2.45, 2.75) is 26.4 Å². The molecule has 2 nitrogen and oxygen atoms in total. The van der Waals surface area contributed by atoms with Gasteiger partial charge in [0.15, 0.2) is 0 Å². The third kappa shape index (κ3) is 4.06. The van der Waals surface area contributed by atoms with Crippen molar-refractivity contribution >= 4 is 40.7 Å². The minimum atomic E-state index is -0.0901. The number of hydrogen-bond donors (Lipinski definition) is 0. The van der Waals surface area contributed by atoms with Gasteiger partial charge >= 0.3 is 0 Å². The molecule has 0 aliphatic rings. The van der Waals surface area contributed by atoms with E-state index in [1.165, 1.54) is 0 Å². The Morgan fingerprint density at radius 2 is 1.94 bits per heavy atom. The zero-order chi connectivity index (χ0) is 13.0. The van der Waals surface area contributed by atoms with Crippen LogP contribution in [0, 0.1) is 0 Å². The highest BCUT2D eigenvalue weighted by atomic mass is 35.5. The molecule has 0 aliphatic carbocycles. The van der Waals surface area contributed by atoms with Crippen LogP contribution in [0.2, 0.25) is 10.0 Å². The van der Waals surface area contributed by atoms with Crippen LogP contribution in [0.3, 0.4) is 0 Å². The lowest BCUT2D eigenvalue weighted by atomic mass is 10.2. The molecule has 0 bridgehead atoms. The molecule has 1 rings (SSSR count). The summed E-state index contributed by atoms with van der Waals surface area (Å²) in [6.07, 6.45) is 0. The fourth-order valence-electron chi connectivity index (χ4n) is 1.47. The van der Waals surface area contributed by atoms with E-state index in [1.54, 1.807) is 17.0 Å². The Morgan fingerprint density at radius 3 is 2.41 bits per heavy atom. The van der Waals surface area contributed by atoms with Crippen LogP contribution in [-0.4, -0.2) is 22.7 Å². The summed E-state index contributed by atoms with van der Waals surface area (Å²) in [6.45, 7) is 4.38. The van der Waals surface area contributed by atoms with Crippen molar-refractivity contribution in [2.75, 3.05) is 5.88 Å². The van der Waals surface area contributed by atoms with Crippen LogP contribution in [-0.2, 0) is 11.3 Å². The van der Waals surface area contributed by atoms with Gasteiger partial charge in [-0.3, -0.25) is 4.79 Å². The molecule has 0 radical (unpaired) electrons. The average molecular weight is 295 g/mol. The van der Waals surface area contributed by atoms with Gasteiger partial charge in [-0.05, 0) is 31.5 Å². The van der Waals surface area contributed by atoms with Gasteiger partial charge in [0.2, 0.25) is 5.91 Å². The Morgan fingerprint density at radius 1 is 1.29 bits per heavy atom. The molecule has 0 aliphatic heterocycles. The average Bonchev–Trinajstić information content (AvgIpc) is 2.29. The largest absolute Gasteiger partial charge is 0.335 e. The van der Waals surface area contributed by atoms with Crippen LogP contribution in [0.25, 0.3) is 0 Å². The maximum absolute atomic E-state index is 11.6. The number of rotatable bonds is 4. The molecule has 0 aromatic heterocycles. The molecule has 17 heavy (non-hydrogen) atoms. The van der Waals surface area contributed by atoms with Gasteiger partial charge in [0.1, 0.15) is 5.88 Å². The van der Waals surface area contributed by atoms with E-state index in [-0.39, 0.29) is 17.8 Å². The van der Waals surface area contributed by atoms with Crippen LogP contribution in [0.15, 0.2) is 18.2 Å². The highest BCUT2D eigenvalue weighted by Crippen LogP contribution is 2.23. The van der Waals surface area contributed by atoms with Crippen molar-refractivity contribution < 1.29 is 4.79 Å². The van der Waals surface area contributed by atoms with Gasteiger partial charge in [-0.25, -0.2) is 0 Å². The quantitative estimate of drug-likeness (QED) is 0.770. The van der Waals surface area contributed by atoms with Crippen molar-refractivity contribution in [3.8, 4) is 0 Å². The highest BCUT2D eigenvalue weighted by molar-refractivity contribution is 6.42. The third-order valence-electron chi connectivity index (χ3n) is 2.39. The summed E-state index contributed by atoms with van der Waals surface area (Å²) in [7, 11) is 0. The smallest absolute Gasteiger partial charge is 0.238 e. The first-order valence-electron chi connectivity index (χ1n) is 5.25. The Bertz CT molecular complexity index is 407. The SMILES string of the molecule is CC(C)N(Cc1ccc(Cl)c(Cl)c1)C(=O)CCl. The zero-order valence-corrected chi connectivity index (χ0v) is 12.0. The molecule has 0 N–H and O–H groups in total. The van der Waals surface area contributed by atoms with E-state index < -0.39 is 0 Å². The number of carbonyl (C=O) groups is 1. The molecular formula is C12H14Cl3NO. The number of hydrogen-bond acceptors (Lipinski definition) is 1. The molecule has 0 heterocycles. The molecule has 0 spiro atoms. The summed E-state index contributed by atoms with van der Waals surface area (Å²) < 4.78 is 0. The van der Waals surface area contributed by atoms with E-state index >= 15 is 0 Å². The van der Waals surface area contributed by atoms with E-state index in [9.17, 15) is 4.79 Å². The predicted molar refractivity (Wildman–Crippen MR) is 72.9 cm³/mol. The molecular weight excluding hydrogens is 280 g/mol. The standard InChI is InChI=1S/C12H14Cl3NO/c1-8(2)16(12(17)6-13)7-9-3-4-10(14)11(15)5-9/h3-5,8H,6-7H2,1-2H3. The number of alkyl halides is 1. The molecule has 0 atom stereocenters. The van der Waals surface area contributed by atoms with Crippen molar-refractivity contribution in [3.05, 3.63) is 33.8 Å². The first kappa shape index (κ1) is 14.6. The lowest BCUT2D eigenvalue weighted by molar-refractivity contribution is -0.130. The molecule has 1 aromatic carbocycles. The number of benzene rings is 1. The second kappa shape index (κ2) is 6.48. The maximum Gasteiger partial charge on any atom is 0.238 e. The Kier molecular flexibility index (Phi) is 5.57. The number of nitrogens with zero attached hydrogens (tertiary/aromatic N) is 1. The molecule has 0 fully saturated rings. The van der Waals surface area contributed by atoms with E-state index in [1.807, 2.05) is 19.9 Å². The number of carbonyl (C=O) groups excluding carboxylic acids is 1. The van der Waals surface area contributed by atoms with Gasteiger partial charge in [0.25, 0.3) is 0 Å². The van der Waals surface area contributed by atoms with Gasteiger partial charge < -0.3 is 4.90 Å². The number of amides is 1. The molecule has 0 unspecified atom stereocenters. The Labute approximate surface area is 116 Å². The van der Waals surface area contributed by atoms with E-state index in [0.717, 1.165) is 5.56 Å². The second-order valence-electron chi connectivity index (χ2n) is 4.00. The van der Waals surface area contributed by atoms with Crippen LogP contribution in [0.5, 0.6) is 0 Å². The van der Waals surface area contributed by atoms with Gasteiger partial charge in [-0.2, -0.15) is 0 Å². The summed E-state index contributed by atoms with van der Waals surface area (Å²) in [5.41, 5.74) is 0.937. The minimum absolute atomic E-state index is 0.0144. The molecule has 0 saturated carbocycles. The predicted octanol–water partition coefficient (Wildman–Crippen LogP) is 3.97. The lowest BCUT2D eigenvalue weighted by Crippen LogP contribution is -2.37. The van der Waals surface area contributed by atoms with Crippen molar-refractivity contribution in [1.29, 1.82) is 0 Å². The summed E-state index contributed by atoms with van der Waals surface area (Å²) in [5.74, 6) is -0.104. The van der Waals surface area contributed by atoms with Gasteiger partial charge in [0, 0.05) is 12.6 Å². The van der Waals surface area contributed by atoms with Crippen LogP contribution in [0.4, 0.5) is 0 Å².